The molecule has 0 saturated carbocycles. The van der Waals surface area contributed by atoms with Gasteiger partial charge in [-0.05, 0) is 34.1 Å². The fraction of sp³-hybridized carbons (Fsp3) is 1.00. The zero-order chi connectivity index (χ0) is 10.4. The fourth-order valence-corrected chi connectivity index (χ4v) is 1.62. The van der Waals surface area contributed by atoms with Crippen molar-refractivity contribution in [3.05, 3.63) is 0 Å². The van der Waals surface area contributed by atoms with Gasteiger partial charge < -0.3 is 0 Å². The molecule has 0 radical (unpaired) electrons. The molecule has 0 aromatic heterocycles. The normalized spacial score (nSPS) is 12.5. The SMILES string of the molecule is CC(C)CN(C)CN(C)CN(C)C. The van der Waals surface area contributed by atoms with E-state index in [9.17, 15) is 0 Å². The Morgan fingerprint density at radius 3 is 1.77 bits per heavy atom. The maximum absolute atomic E-state index is 2.36. The van der Waals surface area contributed by atoms with Crippen molar-refractivity contribution in [1.82, 2.24) is 14.7 Å². The molecule has 80 valence electrons. The molecule has 0 fully saturated rings. The maximum Gasteiger partial charge on any atom is 0.0512 e. The van der Waals surface area contributed by atoms with Gasteiger partial charge in [0, 0.05) is 6.54 Å². The van der Waals surface area contributed by atoms with Crippen LogP contribution in [0.1, 0.15) is 13.8 Å². The van der Waals surface area contributed by atoms with Crippen molar-refractivity contribution in [2.45, 2.75) is 13.8 Å². The van der Waals surface area contributed by atoms with Gasteiger partial charge >= 0.3 is 0 Å². The van der Waals surface area contributed by atoms with Gasteiger partial charge in [0.15, 0.2) is 0 Å². The Balaban J connectivity index is 3.58. The summed E-state index contributed by atoms with van der Waals surface area (Å²) in [4.78, 5) is 6.85. The quantitative estimate of drug-likeness (QED) is 0.574. The van der Waals surface area contributed by atoms with Crippen LogP contribution in [-0.2, 0) is 0 Å². The van der Waals surface area contributed by atoms with Gasteiger partial charge in [0.1, 0.15) is 0 Å². The highest BCUT2D eigenvalue weighted by molar-refractivity contribution is 4.54. The van der Waals surface area contributed by atoms with Crippen molar-refractivity contribution < 1.29 is 0 Å². The van der Waals surface area contributed by atoms with Crippen molar-refractivity contribution >= 4 is 0 Å². The lowest BCUT2D eigenvalue weighted by atomic mass is 10.2. The van der Waals surface area contributed by atoms with Crippen LogP contribution in [0.4, 0.5) is 0 Å². The van der Waals surface area contributed by atoms with Crippen LogP contribution in [0.15, 0.2) is 0 Å². The van der Waals surface area contributed by atoms with Gasteiger partial charge in [-0.1, -0.05) is 13.8 Å². The minimum Gasteiger partial charge on any atom is -0.297 e. The van der Waals surface area contributed by atoms with E-state index in [1.807, 2.05) is 0 Å². The van der Waals surface area contributed by atoms with E-state index in [1.165, 1.54) is 0 Å². The van der Waals surface area contributed by atoms with Crippen molar-refractivity contribution in [2.75, 3.05) is 48.1 Å². The third-order valence-corrected chi connectivity index (χ3v) is 1.68. The smallest absolute Gasteiger partial charge is 0.0512 e. The summed E-state index contributed by atoms with van der Waals surface area (Å²) in [6.45, 7) is 7.72. The molecule has 0 N–H and O–H groups in total. The summed E-state index contributed by atoms with van der Waals surface area (Å²) in [5.41, 5.74) is 0. The van der Waals surface area contributed by atoms with Gasteiger partial charge in [0.25, 0.3) is 0 Å². The molecule has 0 aliphatic carbocycles. The molecule has 0 aromatic rings. The van der Waals surface area contributed by atoms with Crippen molar-refractivity contribution in [3.8, 4) is 0 Å². The molecule has 0 amide bonds. The summed E-state index contributed by atoms with van der Waals surface area (Å²) in [5.74, 6) is 0.748. The van der Waals surface area contributed by atoms with Crippen LogP contribution >= 0.6 is 0 Å². The number of hydrogen-bond donors (Lipinski definition) is 0. The van der Waals surface area contributed by atoms with Crippen LogP contribution in [0.25, 0.3) is 0 Å². The first-order valence-electron chi connectivity index (χ1n) is 4.93. The first-order chi connectivity index (χ1) is 5.91. The van der Waals surface area contributed by atoms with Crippen molar-refractivity contribution in [1.29, 1.82) is 0 Å². The van der Waals surface area contributed by atoms with E-state index >= 15 is 0 Å². The highest BCUT2D eigenvalue weighted by atomic mass is 15.3. The van der Waals surface area contributed by atoms with Crippen molar-refractivity contribution in [2.24, 2.45) is 5.92 Å². The Hall–Kier alpha value is -0.120. The molecule has 0 unspecified atom stereocenters. The Labute approximate surface area is 83.3 Å². The molecule has 0 spiro atoms. The topological polar surface area (TPSA) is 9.72 Å². The van der Waals surface area contributed by atoms with Gasteiger partial charge in [-0.15, -0.1) is 0 Å². The lowest BCUT2D eigenvalue weighted by Crippen LogP contribution is -2.39. The Kier molecular flexibility index (Phi) is 6.29. The zero-order valence-corrected chi connectivity index (χ0v) is 10.0. The van der Waals surface area contributed by atoms with E-state index in [2.05, 4.69) is 56.7 Å². The summed E-state index contributed by atoms with van der Waals surface area (Å²) in [7, 11) is 8.51. The summed E-state index contributed by atoms with van der Waals surface area (Å²) < 4.78 is 0. The Morgan fingerprint density at radius 1 is 0.846 bits per heavy atom. The van der Waals surface area contributed by atoms with Gasteiger partial charge in [-0.25, -0.2) is 0 Å². The second-order valence-electron chi connectivity index (χ2n) is 4.65. The van der Waals surface area contributed by atoms with Crippen molar-refractivity contribution in [3.63, 3.8) is 0 Å². The number of nitrogens with zero attached hydrogens (tertiary/aromatic N) is 3. The van der Waals surface area contributed by atoms with Gasteiger partial charge in [0.05, 0.1) is 13.3 Å². The largest absolute Gasteiger partial charge is 0.297 e. The standard InChI is InChI=1S/C10H25N3/c1-10(2)7-12(5)9-13(6)8-11(3)4/h10H,7-9H2,1-6H3. The van der Waals surface area contributed by atoms with Gasteiger partial charge in [0.2, 0.25) is 0 Å². The minimum absolute atomic E-state index is 0.748. The molecule has 0 aliphatic rings. The van der Waals surface area contributed by atoms with Crippen LogP contribution in [-0.4, -0.2) is 62.8 Å². The Morgan fingerprint density at radius 2 is 1.38 bits per heavy atom. The first-order valence-corrected chi connectivity index (χ1v) is 4.93. The van der Waals surface area contributed by atoms with E-state index in [0.717, 1.165) is 25.8 Å². The van der Waals surface area contributed by atoms with Crippen LogP contribution in [0.3, 0.4) is 0 Å². The predicted octanol–water partition coefficient (Wildman–Crippen LogP) is 0.983. The molecular weight excluding hydrogens is 162 g/mol. The summed E-state index contributed by atoms with van der Waals surface area (Å²) in [5, 5.41) is 0. The monoisotopic (exact) mass is 187 g/mol. The molecule has 0 atom stereocenters. The van der Waals surface area contributed by atoms with Crippen LogP contribution in [0.5, 0.6) is 0 Å². The average molecular weight is 187 g/mol. The minimum atomic E-state index is 0.748. The molecule has 0 bridgehead atoms. The second kappa shape index (κ2) is 6.35. The van der Waals surface area contributed by atoms with Gasteiger partial charge in [-0.2, -0.15) is 0 Å². The molecule has 13 heavy (non-hydrogen) atoms. The molecule has 0 saturated heterocycles. The van der Waals surface area contributed by atoms with Crippen LogP contribution < -0.4 is 0 Å². The average Bonchev–Trinajstić information content (AvgIpc) is 1.80. The lowest BCUT2D eigenvalue weighted by molar-refractivity contribution is 0.123. The summed E-state index contributed by atoms with van der Waals surface area (Å²) in [6, 6.07) is 0. The van der Waals surface area contributed by atoms with E-state index in [0.29, 0.717) is 0 Å². The lowest BCUT2D eigenvalue weighted by Gasteiger charge is -2.27. The second-order valence-corrected chi connectivity index (χ2v) is 4.65. The predicted molar refractivity (Wildman–Crippen MR) is 58.7 cm³/mol. The third-order valence-electron chi connectivity index (χ3n) is 1.68. The summed E-state index contributed by atoms with van der Waals surface area (Å²) >= 11 is 0. The molecular formula is C10H25N3. The van der Waals surface area contributed by atoms with E-state index < -0.39 is 0 Å². The van der Waals surface area contributed by atoms with E-state index in [4.69, 9.17) is 0 Å². The number of hydrogen-bond acceptors (Lipinski definition) is 3. The molecule has 0 aromatic carbocycles. The zero-order valence-electron chi connectivity index (χ0n) is 10.0. The molecule has 3 heteroatoms. The molecule has 0 aliphatic heterocycles. The number of rotatable bonds is 6. The Bertz CT molecular complexity index is 109. The molecule has 0 heterocycles. The highest BCUT2D eigenvalue weighted by Crippen LogP contribution is 1.96. The molecule has 0 rings (SSSR count). The fourth-order valence-electron chi connectivity index (χ4n) is 1.62. The maximum atomic E-state index is 2.36. The van der Waals surface area contributed by atoms with E-state index in [-0.39, 0.29) is 0 Å². The van der Waals surface area contributed by atoms with Crippen LogP contribution in [0, 0.1) is 5.92 Å². The van der Waals surface area contributed by atoms with Gasteiger partial charge in [-0.3, -0.25) is 14.7 Å². The molecule has 3 nitrogen and oxygen atoms in total. The highest BCUT2D eigenvalue weighted by Gasteiger charge is 2.05. The summed E-state index contributed by atoms with van der Waals surface area (Å²) in [6.07, 6.45) is 0. The van der Waals surface area contributed by atoms with E-state index in [1.54, 1.807) is 0 Å². The van der Waals surface area contributed by atoms with Crippen LogP contribution in [0.2, 0.25) is 0 Å². The third kappa shape index (κ3) is 8.22. The first kappa shape index (κ1) is 12.9.